The molecule has 0 radical (unpaired) electrons. The van der Waals surface area contributed by atoms with Crippen LogP contribution in [0.4, 0.5) is 0 Å². The number of fused-ring (bicyclic) bond motifs is 1. The highest BCUT2D eigenvalue weighted by atomic mass is 35.5. The molecular formula is C9H9ClN2. The number of aromatic nitrogens is 2. The summed E-state index contributed by atoms with van der Waals surface area (Å²) in [7, 11) is 1.85. The Balaban J connectivity index is 2.95. The zero-order valence-corrected chi connectivity index (χ0v) is 7.76. The Kier molecular flexibility index (Phi) is 1.58. The number of rotatable bonds is 0. The second-order valence-electron chi connectivity index (χ2n) is 2.89. The van der Waals surface area contributed by atoms with E-state index in [1.165, 1.54) is 0 Å². The van der Waals surface area contributed by atoms with Gasteiger partial charge in [0.1, 0.15) is 5.15 Å². The molecule has 0 bridgehead atoms. The summed E-state index contributed by atoms with van der Waals surface area (Å²) in [5.74, 6) is 0. The molecule has 0 fully saturated rings. The molecule has 62 valence electrons. The van der Waals surface area contributed by atoms with Crippen LogP contribution in [-0.2, 0) is 7.05 Å². The fourth-order valence-electron chi connectivity index (χ4n) is 1.33. The van der Waals surface area contributed by atoms with Gasteiger partial charge in [0.05, 0.1) is 5.52 Å². The molecule has 0 atom stereocenters. The van der Waals surface area contributed by atoms with Gasteiger partial charge < -0.3 is 0 Å². The van der Waals surface area contributed by atoms with Crippen molar-refractivity contribution >= 4 is 22.5 Å². The summed E-state index contributed by atoms with van der Waals surface area (Å²) in [5, 5.41) is 6.03. The molecule has 1 heterocycles. The fourth-order valence-corrected chi connectivity index (χ4v) is 1.52. The predicted molar refractivity (Wildman–Crippen MR) is 50.5 cm³/mol. The number of aryl methyl sites for hydroxylation is 2. The molecule has 1 aromatic heterocycles. The Bertz CT molecular complexity index is 431. The third-order valence-electron chi connectivity index (χ3n) is 1.99. The summed E-state index contributed by atoms with van der Waals surface area (Å²) in [5.41, 5.74) is 2.15. The van der Waals surface area contributed by atoms with E-state index in [1.807, 2.05) is 32.2 Å². The van der Waals surface area contributed by atoms with Crippen molar-refractivity contribution in [2.75, 3.05) is 0 Å². The van der Waals surface area contributed by atoms with Gasteiger partial charge in [-0.3, -0.25) is 4.68 Å². The van der Waals surface area contributed by atoms with Gasteiger partial charge in [0.25, 0.3) is 0 Å². The van der Waals surface area contributed by atoms with Gasteiger partial charge in [-0.25, -0.2) is 0 Å². The average molecular weight is 181 g/mol. The van der Waals surface area contributed by atoms with Crippen LogP contribution in [0.3, 0.4) is 0 Å². The summed E-state index contributed by atoms with van der Waals surface area (Å²) in [6.07, 6.45) is 0. The maximum Gasteiger partial charge on any atom is 0.134 e. The van der Waals surface area contributed by atoms with E-state index in [1.54, 1.807) is 4.68 Å². The monoisotopic (exact) mass is 180 g/mol. The molecule has 3 heteroatoms. The fraction of sp³-hybridized carbons (Fsp3) is 0.222. The van der Waals surface area contributed by atoms with Crippen LogP contribution < -0.4 is 0 Å². The molecule has 0 spiro atoms. The molecule has 0 aliphatic rings. The second-order valence-corrected chi connectivity index (χ2v) is 3.24. The lowest BCUT2D eigenvalue weighted by Crippen LogP contribution is -1.88. The zero-order valence-electron chi connectivity index (χ0n) is 7.00. The van der Waals surface area contributed by atoms with E-state index in [4.69, 9.17) is 11.6 Å². The van der Waals surface area contributed by atoms with Gasteiger partial charge in [-0.05, 0) is 18.6 Å². The Labute approximate surface area is 75.8 Å². The van der Waals surface area contributed by atoms with Crippen molar-refractivity contribution in [3.05, 3.63) is 28.9 Å². The molecule has 0 amide bonds. The SMILES string of the molecule is Cc1cccc2c(Cl)n(C)nc12. The van der Waals surface area contributed by atoms with Crippen molar-refractivity contribution in [3.63, 3.8) is 0 Å². The lowest BCUT2D eigenvalue weighted by molar-refractivity contribution is 0.780. The molecule has 12 heavy (non-hydrogen) atoms. The molecule has 0 saturated carbocycles. The minimum absolute atomic E-state index is 0.703. The van der Waals surface area contributed by atoms with Crippen LogP contribution in [0, 0.1) is 6.92 Å². The van der Waals surface area contributed by atoms with E-state index in [-0.39, 0.29) is 0 Å². The summed E-state index contributed by atoms with van der Waals surface area (Å²) in [4.78, 5) is 0. The van der Waals surface area contributed by atoms with Crippen molar-refractivity contribution in [3.8, 4) is 0 Å². The van der Waals surface area contributed by atoms with E-state index < -0.39 is 0 Å². The van der Waals surface area contributed by atoms with Crippen molar-refractivity contribution in [2.45, 2.75) is 6.92 Å². The molecule has 0 aliphatic heterocycles. The van der Waals surface area contributed by atoms with Crippen LogP contribution in [0.25, 0.3) is 10.9 Å². The number of hydrogen-bond donors (Lipinski definition) is 0. The van der Waals surface area contributed by atoms with Gasteiger partial charge in [-0.2, -0.15) is 5.10 Å². The first kappa shape index (κ1) is 7.62. The van der Waals surface area contributed by atoms with Crippen molar-refractivity contribution in [2.24, 2.45) is 7.05 Å². The summed E-state index contributed by atoms with van der Waals surface area (Å²) in [6, 6.07) is 6.01. The Morgan fingerprint density at radius 2 is 2.17 bits per heavy atom. The van der Waals surface area contributed by atoms with Crippen LogP contribution in [0.2, 0.25) is 5.15 Å². The molecule has 0 saturated heterocycles. The van der Waals surface area contributed by atoms with Crippen molar-refractivity contribution < 1.29 is 0 Å². The summed E-state index contributed by atoms with van der Waals surface area (Å²) >= 11 is 6.01. The first-order valence-corrected chi connectivity index (χ1v) is 4.16. The Morgan fingerprint density at radius 3 is 2.83 bits per heavy atom. The van der Waals surface area contributed by atoms with E-state index in [0.29, 0.717) is 5.15 Å². The van der Waals surface area contributed by atoms with Gasteiger partial charge >= 0.3 is 0 Å². The molecule has 0 unspecified atom stereocenters. The number of nitrogens with zero attached hydrogens (tertiary/aromatic N) is 2. The van der Waals surface area contributed by atoms with Crippen LogP contribution in [0.5, 0.6) is 0 Å². The highest BCUT2D eigenvalue weighted by molar-refractivity contribution is 6.34. The van der Waals surface area contributed by atoms with E-state index in [9.17, 15) is 0 Å². The third-order valence-corrected chi connectivity index (χ3v) is 2.44. The highest BCUT2D eigenvalue weighted by Crippen LogP contribution is 2.24. The van der Waals surface area contributed by atoms with Crippen LogP contribution in [0.1, 0.15) is 5.56 Å². The smallest absolute Gasteiger partial charge is 0.134 e. The quantitative estimate of drug-likeness (QED) is 0.609. The second kappa shape index (κ2) is 2.49. The first-order chi connectivity index (χ1) is 5.70. The standard InChI is InChI=1S/C9H9ClN2/c1-6-4-3-5-7-8(6)11-12(2)9(7)10/h3-5H,1-2H3. The topological polar surface area (TPSA) is 17.8 Å². The zero-order chi connectivity index (χ0) is 8.72. The van der Waals surface area contributed by atoms with E-state index in [2.05, 4.69) is 5.10 Å². The number of benzene rings is 1. The van der Waals surface area contributed by atoms with Gasteiger partial charge in [0.15, 0.2) is 0 Å². The minimum atomic E-state index is 0.703. The lowest BCUT2D eigenvalue weighted by Gasteiger charge is -1.90. The largest absolute Gasteiger partial charge is 0.256 e. The van der Waals surface area contributed by atoms with Crippen LogP contribution in [0.15, 0.2) is 18.2 Å². The van der Waals surface area contributed by atoms with Crippen molar-refractivity contribution in [1.29, 1.82) is 0 Å². The lowest BCUT2D eigenvalue weighted by atomic mass is 10.2. The molecule has 0 aliphatic carbocycles. The van der Waals surface area contributed by atoms with Gasteiger partial charge in [-0.15, -0.1) is 0 Å². The summed E-state index contributed by atoms with van der Waals surface area (Å²) in [6.45, 7) is 2.03. The Morgan fingerprint density at radius 1 is 1.42 bits per heavy atom. The third kappa shape index (κ3) is 0.916. The molecule has 2 aromatic rings. The number of halogens is 1. The highest BCUT2D eigenvalue weighted by Gasteiger charge is 2.06. The molecule has 2 nitrogen and oxygen atoms in total. The average Bonchev–Trinajstić information content (AvgIpc) is 2.32. The normalized spacial score (nSPS) is 10.9. The van der Waals surface area contributed by atoms with Gasteiger partial charge in [0, 0.05) is 12.4 Å². The molecule has 1 aromatic carbocycles. The van der Waals surface area contributed by atoms with Gasteiger partial charge in [-0.1, -0.05) is 23.7 Å². The first-order valence-electron chi connectivity index (χ1n) is 3.78. The Hall–Kier alpha value is -1.02. The number of hydrogen-bond acceptors (Lipinski definition) is 1. The molecule has 2 rings (SSSR count). The van der Waals surface area contributed by atoms with Crippen molar-refractivity contribution in [1.82, 2.24) is 9.78 Å². The van der Waals surface area contributed by atoms with E-state index in [0.717, 1.165) is 16.5 Å². The predicted octanol–water partition coefficient (Wildman–Crippen LogP) is 2.54. The van der Waals surface area contributed by atoms with Crippen LogP contribution >= 0.6 is 11.6 Å². The van der Waals surface area contributed by atoms with Gasteiger partial charge in [0.2, 0.25) is 0 Å². The van der Waals surface area contributed by atoms with Crippen LogP contribution in [-0.4, -0.2) is 9.78 Å². The maximum absolute atomic E-state index is 6.01. The minimum Gasteiger partial charge on any atom is -0.256 e. The van der Waals surface area contributed by atoms with E-state index >= 15 is 0 Å². The molecular weight excluding hydrogens is 172 g/mol. The maximum atomic E-state index is 6.01. The molecule has 0 N–H and O–H groups in total. The summed E-state index contributed by atoms with van der Waals surface area (Å²) < 4.78 is 1.69.